The Balaban J connectivity index is 2.87. The van der Waals surface area contributed by atoms with Crippen molar-refractivity contribution < 1.29 is 9.57 Å². The summed E-state index contributed by atoms with van der Waals surface area (Å²) in [5, 5.41) is 0. The van der Waals surface area contributed by atoms with Crippen molar-refractivity contribution >= 4 is 0 Å². The molecule has 0 saturated heterocycles. The SMILES string of the molecule is CONCc1c(C)cccc1OC(C)C. The number of nitrogens with one attached hydrogen (secondary N) is 1. The van der Waals surface area contributed by atoms with E-state index in [0.29, 0.717) is 6.54 Å². The van der Waals surface area contributed by atoms with Gasteiger partial charge in [-0.3, -0.25) is 0 Å². The second kappa shape index (κ2) is 5.73. The third-order valence-corrected chi connectivity index (χ3v) is 2.12. The topological polar surface area (TPSA) is 30.5 Å². The molecule has 0 aliphatic heterocycles. The quantitative estimate of drug-likeness (QED) is 0.755. The van der Waals surface area contributed by atoms with Gasteiger partial charge in [0, 0.05) is 12.1 Å². The van der Waals surface area contributed by atoms with E-state index in [1.54, 1.807) is 7.11 Å². The number of hydrogen-bond donors (Lipinski definition) is 1. The highest BCUT2D eigenvalue weighted by Crippen LogP contribution is 2.22. The third-order valence-electron chi connectivity index (χ3n) is 2.12. The molecule has 0 spiro atoms. The Hall–Kier alpha value is -1.06. The lowest BCUT2D eigenvalue weighted by Crippen LogP contribution is -2.15. The average molecular weight is 209 g/mol. The van der Waals surface area contributed by atoms with E-state index in [9.17, 15) is 0 Å². The van der Waals surface area contributed by atoms with E-state index in [0.717, 1.165) is 11.3 Å². The average Bonchev–Trinajstić information content (AvgIpc) is 2.16. The van der Waals surface area contributed by atoms with Crippen LogP contribution in [0.4, 0.5) is 0 Å². The first-order valence-electron chi connectivity index (χ1n) is 5.16. The van der Waals surface area contributed by atoms with Crippen molar-refractivity contribution in [1.82, 2.24) is 5.48 Å². The van der Waals surface area contributed by atoms with Crippen LogP contribution in [0, 0.1) is 6.92 Å². The fraction of sp³-hybridized carbons (Fsp3) is 0.500. The van der Waals surface area contributed by atoms with Crippen molar-refractivity contribution in [2.24, 2.45) is 0 Å². The van der Waals surface area contributed by atoms with Gasteiger partial charge >= 0.3 is 0 Å². The Morgan fingerprint density at radius 1 is 1.33 bits per heavy atom. The summed E-state index contributed by atoms with van der Waals surface area (Å²) >= 11 is 0. The largest absolute Gasteiger partial charge is 0.491 e. The summed E-state index contributed by atoms with van der Waals surface area (Å²) in [5.74, 6) is 0.926. The molecule has 1 rings (SSSR count). The van der Waals surface area contributed by atoms with Gasteiger partial charge in [-0.2, -0.15) is 5.48 Å². The van der Waals surface area contributed by atoms with E-state index in [1.165, 1.54) is 5.56 Å². The summed E-state index contributed by atoms with van der Waals surface area (Å²) in [6.07, 6.45) is 0.188. The zero-order chi connectivity index (χ0) is 11.3. The Labute approximate surface area is 91.4 Å². The molecule has 1 aromatic rings. The minimum atomic E-state index is 0.188. The monoisotopic (exact) mass is 209 g/mol. The number of benzene rings is 1. The molecule has 84 valence electrons. The summed E-state index contributed by atoms with van der Waals surface area (Å²) in [5.41, 5.74) is 5.19. The first kappa shape index (κ1) is 12.0. The zero-order valence-electron chi connectivity index (χ0n) is 9.83. The lowest BCUT2D eigenvalue weighted by atomic mass is 10.1. The van der Waals surface area contributed by atoms with Crippen molar-refractivity contribution in [1.29, 1.82) is 0 Å². The van der Waals surface area contributed by atoms with Gasteiger partial charge in [0.2, 0.25) is 0 Å². The lowest BCUT2D eigenvalue weighted by Gasteiger charge is -2.16. The highest BCUT2D eigenvalue weighted by Gasteiger charge is 2.07. The van der Waals surface area contributed by atoms with E-state index in [1.807, 2.05) is 26.0 Å². The van der Waals surface area contributed by atoms with Crippen molar-refractivity contribution in [2.45, 2.75) is 33.4 Å². The Bertz CT molecular complexity index is 310. The molecular weight excluding hydrogens is 190 g/mol. The van der Waals surface area contributed by atoms with Crippen molar-refractivity contribution in [3.8, 4) is 5.75 Å². The van der Waals surface area contributed by atoms with Crippen molar-refractivity contribution in [2.75, 3.05) is 7.11 Å². The molecule has 0 aliphatic rings. The highest BCUT2D eigenvalue weighted by molar-refractivity contribution is 5.39. The van der Waals surface area contributed by atoms with Crippen molar-refractivity contribution in [3.05, 3.63) is 29.3 Å². The van der Waals surface area contributed by atoms with E-state index >= 15 is 0 Å². The van der Waals surface area contributed by atoms with Crippen LogP contribution in [0.15, 0.2) is 18.2 Å². The lowest BCUT2D eigenvalue weighted by molar-refractivity contribution is 0.0854. The first-order valence-corrected chi connectivity index (χ1v) is 5.16. The van der Waals surface area contributed by atoms with E-state index in [2.05, 4.69) is 18.5 Å². The molecule has 0 aliphatic carbocycles. The summed E-state index contributed by atoms with van der Waals surface area (Å²) in [4.78, 5) is 4.86. The highest BCUT2D eigenvalue weighted by atomic mass is 16.6. The minimum Gasteiger partial charge on any atom is -0.491 e. The van der Waals surface area contributed by atoms with E-state index in [4.69, 9.17) is 9.57 Å². The molecule has 3 heteroatoms. The maximum atomic E-state index is 5.73. The summed E-state index contributed by atoms with van der Waals surface area (Å²) < 4.78 is 5.73. The molecule has 0 saturated carbocycles. The molecule has 1 aromatic carbocycles. The van der Waals surface area contributed by atoms with Gasteiger partial charge in [0.05, 0.1) is 13.2 Å². The number of hydrogen-bond acceptors (Lipinski definition) is 3. The second-order valence-corrected chi connectivity index (χ2v) is 3.74. The van der Waals surface area contributed by atoms with Crippen LogP contribution < -0.4 is 10.2 Å². The fourth-order valence-corrected chi connectivity index (χ4v) is 1.41. The van der Waals surface area contributed by atoms with Gasteiger partial charge in [-0.25, -0.2) is 0 Å². The smallest absolute Gasteiger partial charge is 0.124 e. The normalized spacial score (nSPS) is 10.7. The molecule has 3 nitrogen and oxygen atoms in total. The maximum absolute atomic E-state index is 5.73. The molecule has 1 N–H and O–H groups in total. The number of aryl methyl sites for hydroxylation is 1. The summed E-state index contributed by atoms with van der Waals surface area (Å²) in [6.45, 7) is 6.77. The Morgan fingerprint density at radius 3 is 2.67 bits per heavy atom. The molecule has 0 radical (unpaired) electrons. The summed E-state index contributed by atoms with van der Waals surface area (Å²) in [7, 11) is 1.61. The van der Waals surface area contributed by atoms with Crippen LogP contribution in [0.2, 0.25) is 0 Å². The van der Waals surface area contributed by atoms with Gasteiger partial charge in [0.15, 0.2) is 0 Å². The van der Waals surface area contributed by atoms with Crippen LogP contribution in [0.1, 0.15) is 25.0 Å². The van der Waals surface area contributed by atoms with E-state index in [-0.39, 0.29) is 6.10 Å². The summed E-state index contributed by atoms with van der Waals surface area (Å²) in [6, 6.07) is 6.06. The van der Waals surface area contributed by atoms with Crippen molar-refractivity contribution in [3.63, 3.8) is 0 Å². The Morgan fingerprint density at radius 2 is 2.07 bits per heavy atom. The predicted molar refractivity (Wildman–Crippen MR) is 60.8 cm³/mol. The molecule has 0 atom stereocenters. The zero-order valence-corrected chi connectivity index (χ0v) is 9.83. The molecule has 0 unspecified atom stereocenters. The number of hydroxylamine groups is 1. The molecule has 15 heavy (non-hydrogen) atoms. The third kappa shape index (κ3) is 3.53. The van der Waals surface area contributed by atoms with Crippen LogP contribution in [-0.4, -0.2) is 13.2 Å². The maximum Gasteiger partial charge on any atom is 0.124 e. The second-order valence-electron chi connectivity index (χ2n) is 3.74. The van der Waals surface area contributed by atoms with Crippen LogP contribution in [-0.2, 0) is 11.4 Å². The Kier molecular flexibility index (Phi) is 4.59. The van der Waals surface area contributed by atoms with Crippen LogP contribution >= 0.6 is 0 Å². The van der Waals surface area contributed by atoms with Gasteiger partial charge in [0.1, 0.15) is 5.75 Å². The van der Waals surface area contributed by atoms with Crippen LogP contribution in [0.3, 0.4) is 0 Å². The molecule has 0 bridgehead atoms. The molecule has 0 heterocycles. The van der Waals surface area contributed by atoms with E-state index < -0.39 is 0 Å². The van der Waals surface area contributed by atoms with Gasteiger partial charge < -0.3 is 9.57 Å². The molecular formula is C12H19NO2. The van der Waals surface area contributed by atoms with Gasteiger partial charge in [-0.05, 0) is 32.4 Å². The standard InChI is InChI=1S/C12H19NO2/c1-9(2)15-12-7-5-6-10(3)11(12)8-13-14-4/h5-7,9,13H,8H2,1-4H3. The molecule has 0 fully saturated rings. The van der Waals surface area contributed by atoms with Gasteiger partial charge in [-0.1, -0.05) is 12.1 Å². The predicted octanol–water partition coefficient (Wildman–Crippen LogP) is 2.43. The fourth-order valence-electron chi connectivity index (χ4n) is 1.41. The first-order chi connectivity index (χ1) is 7.15. The van der Waals surface area contributed by atoms with Gasteiger partial charge in [-0.15, -0.1) is 0 Å². The molecule has 0 amide bonds. The number of ether oxygens (including phenoxy) is 1. The molecule has 0 aromatic heterocycles. The minimum absolute atomic E-state index is 0.188. The van der Waals surface area contributed by atoms with Gasteiger partial charge in [0.25, 0.3) is 0 Å². The van der Waals surface area contributed by atoms with Crippen LogP contribution in [0.25, 0.3) is 0 Å². The number of rotatable bonds is 5. The van der Waals surface area contributed by atoms with Crippen LogP contribution in [0.5, 0.6) is 5.75 Å².